The first-order chi connectivity index (χ1) is 18.0. The van der Waals surface area contributed by atoms with Crippen molar-refractivity contribution in [3.05, 3.63) is 131 Å². The zero-order valence-electron chi connectivity index (χ0n) is 21.3. The third kappa shape index (κ3) is 7.21. The van der Waals surface area contributed by atoms with E-state index in [2.05, 4.69) is 0 Å². The van der Waals surface area contributed by atoms with Gasteiger partial charge in [-0.15, -0.1) is 0 Å². The molecule has 0 aliphatic rings. The average Bonchev–Trinajstić information content (AvgIpc) is 2.91. The first-order valence-corrected chi connectivity index (χ1v) is 12.4. The fraction of sp³-hybridized carbons (Fsp3) is 0.219. The molecule has 37 heavy (non-hydrogen) atoms. The molecule has 4 aromatic rings. The lowest BCUT2D eigenvalue weighted by molar-refractivity contribution is -0.143. The molecule has 1 N–H and O–H groups in total. The fourth-order valence-corrected chi connectivity index (χ4v) is 4.54. The third-order valence-corrected chi connectivity index (χ3v) is 6.35. The molecule has 5 heteroatoms. The van der Waals surface area contributed by atoms with Crippen molar-refractivity contribution in [2.24, 2.45) is 0 Å². The van der Waals surface area contributed by atoms with Gasteiger partial charge < -0.3 is 14.6 Å². The highest BCUT2D eigenvalue weighted by molar-refractivity contribution is 5.74. The monoisotopic (exact) mass is 495 g/mol. The summed E-state index contributed by atoms with van der Waals surface area (Å²) in [6, 6.07) is 33.1. The predicted octanol–water partition coefficient (Wildman–Crippen LogP) is 6.28. The quantitative estimate of drug-likeness (QED) is 0.251. The summed E-state index contributed by atoms with van der Waals surface area (Å²) in [5, 5.41) is 10.4. The smallest absolute Gasteiger partial charge is 0.321 e. The van der Waals surface area contributed by atoms with E-state index in [1.807, 2.05) is 115 Å². The molecule has 0 amide bonds. The van der Waals surface area contributed by atoms with Gasteiger partial charge in [-0.05, 0) is 47.2 Å². The molecular formula is C32H33NO4. The van der Waals surface area contributed by atoms with Gasteiger partial charge in [0, 0.05) is 13.1 Å². The summed E-state index contributed by atoms with van der Waals surface area (Å²) in [5.41, 5.74) is 4.99. The number of carboxylic acids is 1. The van der Waals surface area contributed by atoms with Crippen LogP contribution in [0.4, 0.5) is 0 Å². The molecule has 0 aliphatic heterocycles. The van der Waals surface area contributed by atoms with Crippen molar-refractivity contribution in [1.82, 2.24) is 4.90 Å². The number of aliphatic carboxylic acids is 1. The summed E-state index contributed by atoms with van der Waals surface area (Å²) in [4.78, 5) is 14.7. The molecule has 0 heterocycles. The van der Waals surface area contributed by atoms with Gasteiger partial charge in [-0.2, -0.15) is 0 Å². The Labute approximate surface area is 218 Å². The van der Waals surface area contributed by atoms with E-state index in [4.69, 9.17) is 9.47 Å². The van der Waals surface area contributed by atoms with Crippen molar-refractivity contribution >= 4 is 5.97 Å². The van der Waals surface area contributed by atoms with Gasteiger partial charge in [0.15, 0.2) is 11.5 Å². The van der Waals surface area contributed by atoms with Gasteiger partial charge in [0.25, 0.3) is 0 Å². The lowest BCUT2D eigenvalue weighted by Gasteiger charge is -2.29. The standard InChI is InChI=1S/C32H33NO4/c1-24-18-28(20-30(31(24)36-2)37-23-27-16-10-5-11-17-27)19-29(32(34)35)33(21-25-12-6-3-7-13-25)22-26-14-8-4-9-15-26/h3-18,20,29H,19,21-23H2,1-2H3,(H,34,35). The number of ether oxygens (including phenoxy) is 2. The molecule has 0 aromatic heterocycles. The fourth-order valence-electron chi connectivity index (χ4n) is 4.54. The van der Waals surface area contributed by atoms with Crippen LogP contribution in [-0.4, -0.2) is 29.1 Å². The summed E-state index contributed by atoms with van der Waals surface area (Å²) in [5.74, 6) is 0.423. The van der Waals surface area contributed by atoms with Gasteiger partial charge in [-0.25, -0.2) is 0 Å². The highest BCUT2D eigenvalue weighted by atomic mass is 16.5. The number of nitrogens with zero attached hydrogens (tertiary/aromatic N) is 1. The minimum absolute atomic E-state index is 0.335. The lowest BCUT2D eigenvalue weighted by atomic mass is 10.00. The number of carboxylic acid groups (broad SMARTS) is 1. The van der Waals surface area contributed by atoms with Gasteiger partial charge in [0.2, 0.25) is 0 Å². The molecule has 0 saturated heterocycles. The Balaban J connectivity index is 1.62. The lowest BCUT2D eigenvalue weighted by Crippen LogP contribution is -2.42. The van der Waals surface area contributed by atoms with E-state index in [-0.39, 0.29) is 0 Å². The van der Waals surface area contributed by atoms with Gasteiger partial charge in [0.05, 0.1) is 7.11 Å². The Morgan fingerprint density at radius 1 is 0.784 bits per heavy atom. The molecule has 0 fully saturated rings. The molecule has 0 aliphatic carbocycles. The minimum atomic E-state index is -0.855. The summed E-state index contributed by atoms with van der Waals surface area (Å²) >= 11 is 0. The number of hydrogen-bond donors (Lipinski definition) is 1. The van der Waals surface area contributed by atoms with Gasteiger partial charge in [0.1, 0.15) is 12.6 Å². The number of aryl methyl sites for hydroxylation is 1. The topological polar surface area (TPSA) is 59.0 Å². The van der Waals surface area contributed by atoms with Crippen LogP contribution in [0.5, 0.6) is 11.5 Å². The van der Waals surface area contributed by atoms with Crippen molar-refractivity contribution in [1.29, 1.82) is 0 Å². The van der Waals surface area contributed by atoms with Crippen molar-refractivity contribution < 1.29 is 19.4 Å². The van der Waals surface area contributed by atoms with E-state index < -0.39 is 12.0 Å². The van der Waals surface area contributed by atoms with Crippen LogP contribution in [0.2, 0.25) is 0 Å². The third-order valence-electron chi connectivity index (χ3n) is 6.35. The van der Waals surface area contributed by atoms with E-state index in [1.165, 1.54) is 0 Å². The van der Waals surface area contributed by atoms with Crippen LogP contribution in [0, 0.1) is 6.92 Å². The second-order valence-corrected chi connectivity index (χ2v) is 9.15. The Hall–Kier alpha value is -4.09. The van der Waals surface area contributed by atoms with Crippen molar-refractivity contribution in [2.45, 2.75) is 39.1 Å². The van der Waals surface area contributed by atoms with E-state index >= 15 is 0 Å². The summed E-state index contributed by atoms with van der Waals surface area (Å²) in [6.45, 7) is 3.41. The van der Waals surface area contributed by atoms with Crippen LogP contribution in [0.3, 0.4) is 0 Å². The molecular weight excluding hydrogens is 462 g/mol. The molecule has 0 radical (unpaired) electrons. The molecule has 0 bridgehead atoms. The van der Waals surface area contributed by atoms with Crippen molar-refractivity contribution in [3.63, 3.8) is 0 Å². The van der Waals surface area contributed by atoms with Gasteiger partial charge >= 0.3 is 5.97 Å². The largest absolute Gasteiger partial charge is 0.493 e. The highest BCUT2D eigenvalue weighted by Crippen LogP contribution is 2.34. The first-order valence-electron chi connectivity index (χ1n) is 12.4. The molecule has 190 valence electrons. The van der Waals surface area contributed by atoms with E-state index in [0.29, 0.717) is 37.6 Å². The number of methoxy groups -OCH3 is 1. The van der Waals surface area contributed by atoms with Crippen LogP contribution in [0.25, 0.3) is 0 Å². The predicted molar refractivity (Wildman–Crippen MR) is 146 cm³/mol. The Morgan fingerprint density at radius 2 is 1.30 bits per heavy atom. The Kier molecular flexibility index (Phi) is 8.95. The molecule has 0 saturated carbocycles. The SMILES string of the molecule is COc1c(C)cc(CC(C(=O)O)N(Cc2ccccc2)Cc2ccccc2)cc1OCc1ccccc1. The van der Waals surface area contributed by atoms with Gasteiger partial charge in [-0.1, -0.05) is 97.1 Å². The maximum absolute atomic E-state index is 12.6. The average molecular weight is 496 g/mol. The maximum Gasteiger partial charge on any atom is 0.321 e. The van der Waals surface area contributed by atoms with Crippen LogP contribution >= 0.6 is 0 Å². The second-order valence-electron chi connectivity index (χ2n) is 9.15. The minimum Gasteiger partial charge on any atom is -0.493 e. The van der Waals surface area contributed by atoms with E-state index in [0.717, 1.165) is 27.8 Å². The maximum atomic E-state index is 12.6. The molecule has 4 aromatic carbocycles. The zero-order chi connectivity index (χ0) is 26.0. The van der Waals surface area contributed by atoms with Crippen molar-refractivity contribution in [3.8, 4) is 11.5 Å². The van der Waals surface area contributed by atoms with Gasteiger partial charge in [-0.3, -0.25) is 9.69 Å². The Bertz CT molecular complexity index is 1230. The summed E-state index contributed by atoms with van der Waals surface area (Å²) in [7, 11) is 1.62. The molecule has 1 atom stereocenters. The van der Waals surface area contributed by atoms with Crippen LogP contribution in [0.15, 0.2) is 103 Å². The summed E-state index contributed by atoms with van der Waals surface area (Å²) < 4.78 is 11.8. The van der Waals surface area contributed by atoms with E-state index in [9.17, 15) is 9.90 Å². The van der Waals surface area contributed by atoms with E-state index in [1.54, 1.807) is 7.11 Å². The van der Waals surface area contributed by atoms with Crippen LogP contribution < -0.4 is 9.47 Å². The second kappa shape index (κ2) is 12.7. The highest BCUT2D eigenvalue weighted by Gasteiger charge is 2.27. The van der Waals surface area contributed by atoms with Crippen LogP contribution in [0.1, 0.15) is 27.8 Å². The number of benzene rings is 4. The summed E-state index contributed by atoms with van der Waals surface area (Å²) in [6.07, 6.45) is 0.335. The molecule has 5 nitrogen and oxygen atoms in total. The number of carbonyl (C=O) groups is 1. The number of hydrogen-bond acceptors (Lipinski definition) is 4. The number of rotatable bonds is 12. The molecule has 0 spiro atoms. The van der Waals surface area contributed by atoms with Crippen molar-refractivity contribution in [2.75, 3.05) is 7.11 Å². The van der Waals surface area contributed by atoms with Crippen LogP contribution in [-0.2, 0) is 30.9 Å². The zero-order valence-corrected chi connectivity index (χ0v) is 21.3. The Morgan fingerprint density at radius 3 is 1.78 bits per heavy atom. The normalized spacial score (nSPS) is 11.8. The molecule has 1 unspecified atom stereocenters. The first kappa shape index (κ1) is 26.0. The molecule has 4 rings (SSSR count).